The Morgan fingerprint density at radius 1 is 1.12 bits per heavy atom. The topological polar surface area (TPSA) is 119 Å². The van der Waals surface area contributed by atoms with Gasteiger partial charge in [0.15, 0.2) is 0 Å². The number of anilines is 1. The summed E-state index contributed by atoms with van der Waals surface area (Å²) in [5.74, 6) is -2.92. The maximum Gasteiger partial charge on any atom is 0.490 e. The molecule has 0 unspecified atom stereocenters. The number of alkyl halides is 3. The zero-order valence-corrected chi connectivity index (χ0v) is 17.9. The monoisotopic (exact) mass is 460 g/mol. The molecule has 1 fully saturated rings. The smallest absolute Gasteiger partial charge is 0.475 e. The number of piperazine rings is 1. The lowest BCUT2D eigenvalue weighted by Crippen LogP contribution is -2.47. The van der Waals surface area contributed by atoms with Crippen LogP contribution in [0.1, 0.15) is 30.6 Å². The first-order valence-electron chi connectivity index (χ1n) is 9.91. The molecule has 2 rings (SSSR count). The van der Waals surface area contributed by atoms with Gasteiger partial charge in [-0.3, -0.25) is 14.4 Å². The number of halogens is 3. The lowest BCUT2D eigenvalue weighted by atomic mass is 10.1. The number of aliphatic carboxylic acids is 1. The molecule has 0 bridgehead atoms. The van der Waals surface area contributed by atoms with Crippen LogP contribution >= 0.6 is 0 Å². The second-order valence-corrected chi connectivity index (χ2v) is 6.83. The zero-order valence-electron chi connectivity index (χ0n) is 17.9. The summed E-state index contributed by atoms with van der Waals surface area (Å²) in [5, 5.41) is 13.0. The number of carbonyl (C=O) groups is 4. The van der Waals surface area contributed by atoms with E-state index < -0.39 is 12.1 Å². The molecule has 178 valence electrons. The molecule has 0 aliphatic carbocycles. The van der Waals surface area contributed by atoms with Crippen LogP contribution in [0.3, 0.4) is 0 Å². The highest BCUT2D eigenvalue weighted by Crippen LogP contribution is 2.13. The molecule has 3 amide bonds. The second kappa shape index (κ2) is 12.6. The van der Waals surface area contributed by atoms with E-state index in [9.17, 15) is 27.6 Å². The number of carboxylic acid groups (broad SMARTS) is 1. The van der Waals surface area contributed by atoms with Crippen molar-refractivity contribution >= 4 is 29.4 Å². The van der Waals surface area contributed by atoms with E-state index in [4.69, 9.17) is 9.90 Å². The van der Waals surface area contributed by atoms with Crippen LogP contribution in [0.2, 0.25) is 0 Å². The fourth-order valence-corrected chi connectivity index (χ4v) is 2.79. The van der Waals surface area contributed by atoms with E-state index in [2.05, 4.69) is 10.6 Å². The second-order valence-electron chi connectivity index (χ2n) is 6.83. The molecule has 0 aromatic heterocycles. The number of hydrogen-bond acceptors (Lipinski definition) is 5. The predicted molar refractivity (Wildman–Crippen MR) is 110 cm³/mol. The first-order chi connectivity index (χ1) is 15.0. The Morgan fingerprint density at radius 3 is 2.09 bits per heavy atom. The van der Waals surface area contributed by atoms with E-state index in [0.717, 1.165) is 26.2 Å². The van der Waals surface area contributed by atoms with Crippen LogP contribution in [0, 0.1) is 0 Å². The van der Waals surface area contributed by atoms with Gasteiger partial charge in [-0.25, -0.2) is 4.79 Å². The largest absolute Gasteiger partial charge is 0.490 e. The van der Waals surface area contributed by atoms with E-state index in [-0.39, 0.29) is 17.7 Å². The maximum absolute atomic E-state index is 12.6. The molecular weight excluding hydrogens is 433 g/mol. The van der Waals surface area contributed by atoms with E-state index in [1.807, 2.05) is 11.8 Å². The SMILES string of the molecule is CCN(CCC(=O)N1CCNCC1)C(=O)c1ccc(NC(C)=O)cc1.O=C(O)C(F)(F)F. The first kappa shape index (κ1) is 26.9. The van der Waals surface area contributed by atoms with Crippen molar-refractivity contribution in [2.75, 3.05) is 44.6 Å². The predicted octanol–water partition coefficient (Wildman–Crippen LogP) is 1.56. The summed E-state index contributed by atoms with van der Waals surface area (Å²) in [6.07, 6.45) is -4.75. The Hall–Kier alpha value is -3.15. The van der Waals surface area contributed by atoms with Crippen molar-refractivity contribution in [3.8, 4) is 0 Å². The van der Waals surface area contributed by atoms with Crippen LogP contribution < -0.4 is 10.6 Å². The summed E-state index contributed by atoms with van der Waals surface area (Å²) >= 11 is 0. The van der Waals surface area contributed by atoms with Gasteiger partial charge >= 0.3 is 12.1 Å². The third-order valence-electron chi connectivity index (χ3n) is 4.43. The average molecular weight is 460 g/mol. The summed E-state index contributed by atoms with van der Waals surface area (Å²) in [4.78, 5) is 48.3. The van der Waals surface area contributed by atoms with Crippen LogP contribution in [0.5, 0.6) is 0 Å². The summed E-state index contributed by atoms with van der Waals surface area (Å²) in [5.41, 5.74) is 1.20. The number of benzene rings is 1. The molecule has 1 heterocycles. The molecule has 32 heavy (non-hydrogen) atoms. The quantitative estimate of drug-likeness (QED) is 0.593. The van der Waals surface area contributed by atoms with Gasteiger partial charge in [0.25, 0.3) is 5.91 Å². The minimum atomic E-state index is -5.08. The molecule has 0 saturated carbocycles. The zero-order chi connectivity index (χ0) is 24.3. The molecule has 1 aromatic carbocycles. The highest BCUT2D eigenvalue weighted by molar-refractivity contribution is 5.95. The number of carboxylic acids is 1. The van der Waals surface area contributed by atoms with Crippen LogP contribution in [0.15, 0.2) is 24.3 Å². The van der Waals surface area contributed by atoms with Crippen LogP contribution in [-0.2, 0) is 14.4 Å². The summed E-state index contributed by atoms with van der Waals surface area (Å²) in [7, 11) is 0. The summed E-state index contributed by atoms with van der Waals surface area (Å²) in [6.45, 7) is 7.39. The van der Waals surface area contributed by atoms with Gasteiger partial charge in [0.1, 0.15) is 0 Å². The van der Waals surface area contributed by atoms with Gasteiger partial charge in [-0.15, -0.1) is 0 Å². The molecule has 0 radical (unpaired) electrons. The fourth-order valence-electron chi connectivity index (χ4n) is 2.79. The van der Waals surface area contributed by atoms with Gasteiger partial charge in [-0.2, -0.15) is 13.2 Å². The van der Waals surface area contributed by atoms with Crippen molar-refractivity contribution in [1.29, 1.82) is 0 Å². The maximum atomic E-state index is 12.6. The highest BCUT2D eigenvalue weighted by Gasteiger charge is 2.38. The number of nitrogens with one attached hydrogen (secondary N) is 2. The Bertz CT molecular complexity index is 793. The van der Waals surface area contributed by atoms with Crippen molar-refractivity contribution in [2.24, 2.45) is 0 Å². The van der Waals surface area contributed by atoms with Gasteiger partial charge in [0.2, 0.25) is 11.8 Å². The van der Waals surface area contributed by atoms with Crippen molar-refractivity contribution in [3.63, 3.8) is 0 Å². The molecule has 0 atom stereocenters. The van der Waals surface area contributed by atoms with Crippen LogP contribution in [0.25, 0.3) is 0 Å². The Morgan fingerprint density at radius 2 is 1.66 bits per heavy atom. The number of nitrogens with zero attached hydrogens (tertiary/aromatic N) is 2. The summed E-state index contributed by atoms with van der Waals surface area (Å²) in [6, 6.07) is 6.78. The van der Waals surface area contributed by atoms with E-state index in [1.54, 1.807) is 29.2 Å². The fraction of sp³-hybridized carbons (Fsp3) is 0.500. The number of hydrogen-bond donors (Lipinski definition) is 3. The average Bonchev–Trinajstić information content (AvgIpc) is 2.74. The number of amides is 3. The van der Waals surface area contributed by atoms with Crippen molar-refractivity contribution in [1.82, 2.24) is 15.1 Å². The minimum Gasteiger partial charge on any atom is -0.475 e. The molecule has 0 spiro atoms. The van der Waals surface area contributed by atoms with Crippen molar-refractivity contribution in [3.05, 3.63) is 29.8 Å². The van der Waals surface area contributed by atoms with Gasteiger partial charge in [-0.1, -0.05) is 0 Å². The minimum absolute atomic E-state index is 0.0914. The first-order valence-corrected chi connectivity index (χ1v) is 9.91. The Kier molecular flexibility index (Phi) is 10.6. The Labute approximate surface area is 183 Å². The molecule has 1 aromatic rings. The van der Waals surface area contributed by atoms with Crippen molar-refractivity contribution < 1.29 is 37.5 Å². The molecule has 3 N–H and O–H groups in total. The Balaban J connectivity index is 0.000000633. The number of rotatable bonds is 6. The third-order valence-corrected chi connectivity index (χ3v) is 4.43. The molecule has 1 aliphatic heterocycles. The lowest BCUT2D eigenvalue weighted by Gasteiger charge is -2.28. The van der Waals surface area contributed by atoms with Gasteiger partial charge in [-0.05, 0) is 31.2 Å². The molecule has 1 saturated heterocycles. The van der Waals surface area contributed by atoms with Gasteiger partial charge in [0.05, 0.1) is 0 Å². The van der Waals surface area contributed by atoms with Crippen molar-refractivity contribution in [2.45, 2.75) is 26.4 Å². The van der Waals surface area contributed by atoms with E-state index >= 15 is 0 Å². The number of carbonyl (C=O) groups excluding carboxylic acids is 3. The van der Waals surface area contributed by atoms with Gasteiger partial charge in [0, 0.05) is 63.9 Å². The molecular formula is C20H27F3N4O5. The van der Waals surface area contributed by atoms with Crippen LogP contribution in [-0.4, -0.2) is 84.0 Å². The molecule has 12 heteroatoms. The lowest BCUT2D eigenvalue weighted by molar-refractivity contribution is -0.192. The van der Waals surface area contributed by atoms with E-state index in [1.165, 1.54) is 6.92 Å². The summed E-state index contributed by atoms with van der Waals surface area (Å²) < 4.78 is 31.7. The molecule has 1 aliphatic rings. The normalized spacial score (nSPS) is 13.5. The third kappa shape index (κ3) is 9.33. The van der Waals surface area contributed by atoms with Gasteiger partial charge < -0.3 is 25.5 Å². The molecule has 9 nitrogen and oxygen atoms in total. The highest BCUT2D eigenvalue weighted by atomic mass is 19.4. The van der Waals surface area contributed by atoms with Crippen LogP contribution in [0.4, 0.5) is 18.9 Å². The van der Waals surface area contributed by atoms with E-state index in [0.29, 0.717) is 30.8 Å². The standard InChI is InChI=1S/C18H26N4O3.C2HF3O2/c1-3-21(11-8-17(24)22-12-9-19-10-13-22)18(25)15-4-6-16(7-5-15)20-14(2)23;3-2(4,5)1(6)7/h4-7,19H,3,8-13H2,1-2H3,(H,20,23);(H,6,7).